The fourth-order valence-electron chi connectivity index (χ4n) is 2.29. The van der Waals surface area contributed by atoms with E-state index in [0.717, 1.165) is 0 Å². The van der Waals surface area contributed by atoms with Gasteiger partial charge in [0.15, 0.2) is 11.2 Å². The fraction of sp³-hybridized carbons (Fsp3) is 0.417. The molecule has 0 N–H and O–H groups in total. The molecule has 0 spiro atoms. The van der Waals surface area contributed by atoms with Gasteiger partial charge in [-0.05, 0) is 90.1 Å². The maximum Gasteiger partial charge on any atom is 2.00 e. The van der Waals surface area contributed by atoms with Gasteiger partial charge >= 0.3 is 49.7 Å². The molecule has 2 aromatic carbocycles. The number of esters is 2. The van der Waals surface area contributed by atoms with Gasteiger partial charge in [-0.3, -0.25) is 0 Å². The van der Waals surface area contributed by atoms with Crippen LogP contribution in [-0.4, -0.2) is 74.1 Å². The molecule has 2 rings (SSSR count). The number of halogens is 2. The molecule has 0 aliphatic rings. The normalized spacial score (nSPS) is 10.7. The van der Waals surface area contributed by atoms with Gasteiger partial charge in [-0.25, -0.2) is 9.59 Å². The van der Waals surface area contributed by atoms with Crippen LogP contribution in [-0.2, 0) is 19.1 Å². The van der Waals surface area contributed by atoms with Crippen molar-refractivity contribution >= 4 is 72.9 Å². The summed E-state index contributed by atoms with van der Waals surface area (Å²) >= 11 is 11.5. The molecule has 0 bridgehead atoms. The Hall–Kier alpha value is -1.18. The summed E-state index contributed by atoms with van der Waals surface area (Å²) < 4.78 is 20.9. The molecule has 0 saturated carbocycles. The summed E-state index contributed by atoms with van der Waals surface area (Å²) in [6.07, 6.45) is 0. The zero-order valence-electron chi connectivity index (χ0n) is 19.9. The van der Waals surface area contributed by atoms with E-state index in [-0.39, 0.29) is 49.7 Å². The second-order valence-electron chi connectivity index (χ2n) is 7.57. The Kier molecular flexibility index (Phi) is 14.4. The number of carbonyl (C=O) groups is 2. The van der Waals surface area contributed by atoms with E-state index >= 15 is 0 Å². The van der Waals surface area contributed by atoms with Crippen molar-refractivity contribution in [2.45, 2.75) is 52.7 Å². The second kappa shape index (κ2) is 14.9. The van der Waals surface area contributed by atoms with Gasteiger partial charge in [-0.2, -0.15) is 0 Å². The van der Waals surface area contributed by atoms with Gasteiger partial charge in [0.25, 0.3) is 0 Å². The molecule has 0 fully saturated rings. The Morgan fingerprint density at radius 3 is 1.18 bits per heavy atom. The van der Waals surface area contributed by atoms with Gasteiger partial charge in [-0.15, -0.1) is 0 Å². The molecule has 0 atom stereocenters. The zero-order chi connectivity index (χ0) is 24.4. The average Bonchev–Trinajstić information content (AvgIpc) is 2.72. The average molecular weight is 525 g/mol. The summed E-state index contributed by atoms with van der Waals surface area (Å²) in [5.41, 5.74) is -1.99. The molecule has 176 valence electrons. The summed E-state index contributed by atoms with van der Waals surface area (Å²) in [5, 5.41) is 1.25. The number of ether oxygens (including phenoxy) is 4. The maximum atomic E-state index is 11.6. The predicted octanol–water partition coefficient (Wildman–Crippen LogP) is 5.74. The molecule has 0 aliphatic heterocycles. The van der Waals surface area contributed by atoms with Crippen molar-refractivity contribution in [3.05, 3.63) is 58.6 Å². The first-order valence-corrected chi connectivity index (χ1v) is 10.9. The number of hydrogen-bond acceptors (Lipinski definition) is 6. The van der Waals surface area contributed by atoms with Crippen LogP contribution < -0.4 is 9.47 Å². The van der Waals surface area contributed by atoms with Gasteiger partial charge in [-0.1, -0.05) is 23.2 Å². The third-order valence-corrected chi connectivity index (χ3v) is 4.41. The topological polar surface area (TPSA) is 71.1 Å². The van der Waals surface area contributed by atoms with Crippen molar-refractivity contribution in [1.82, 2.24) is 0 Å². The molecule has 0 heterocycles. The maximum absolute atomic E-state index is 11.6. The van der Waals surface area contributed by atoms with Crippen LogP contribution in [0.15, 0.2) is 48.5 Å². The molecule has 0 amide bonds. The van der Waals surface area contributed by atoms with Crippen LogP contribution in [0.5, 0.6) is 11.5 Å². The molecule has 0 radical (unpaired) electrons. The molecule has 0 aliphatic carbocycles. The van der Waals surface area contributed by atoms with Crippen LogP contribution in [0, 0.1) is 0 Å². The molecule has 2 aromatic rings. The molecule has 9 heteroatoms. The van der Waals surface area contributed by atoms with E-state index in [4.69, 9.17) is 42.1 Å². The Balaban J connectivity index is 0.000000602. The minimum Gasteiger partial charge on any atom is -0.476 e. The molecular weight excluding hydrogens is 495 g/mol. The van der Waals surface area contributed by atoms with Crippen molar-refractivity contribution in [1.29, 1.82) is 0 Å². The molecule has 0 aromatic heterocycles. The summed E-state index contributed by atoms with van der Waals surface area (Å²) in [5.74, 6) is 0.403. The van der Waals surface area contributed by atoms with Crippen LogP contribution in [0.25, 0.3) is 0 Å². The van der Waals surface area contributed by atoms with Gasteiger partial charge in [0.2, 0.25) is 0 Å². The van der Waals surface area contributed by atoms with E-state index in [0.29, 0.717) is 34.8 Å². The fourth-order valence-corrected chi connectivity index (χ4v) is 2.54. The third-order valence-electron chi connectivity index (χ3n) is 3.91. The summed E-state index contributed by atoms with van der Waals surface area (Å²) in [7, 11) is 0. The molecule has 0 saturated heterocycles. The van der Waals surface area contributed by atoms with Gasteiger partial charge in [0.05, 0.1) is 13.2 Å². The van der Waals surface area contributed by atoms with Crippen molar-refractivity contribution in [3.63, 3.8) is 0 Å². The first kappa shape index (κ1) is 31.8. The molecular formula is C24H30CaCl2O6+2. The Labute approximate surface area is 235 Å². The van der Waals surface area contributed by atoms with Gasteiger partial charge in [0, 0.05) is 10.0 Å². The minimum absolute atomic E-state index is 0. The number of carbonyl (C=O) groups excluding carboxylic acids is 2. The zero-order valence-corrected chi connectivity index (χ0v) is 23.7. The van der Waals surface area contributed by atoms with Crippen molar-refractivity contribution in [2.75, 3.05) is 13.2 Å². The van der Waals surface area contributed by atoms with E-state index in [1.165, 1.54) is 0 Å². The Bertz CT molecular complexity index is 794. The molecule has 33 heavy (non-hydrogen) atoms. The van der Waals surface area contributed by atoms with E-state index in [9.17, 15) is 9.59 Å². The van der Waals surface area contributed by atoms with E-state index in [1.807, 2.05) is 0 Å². The molecule has 6 nitrogen and oxygen atoms in total. The monoisotopic (exact) mass is 524 g/mol. The number of benzene rings is 2. The van der Waals surface area contributed by atoms with E-state index in [1.54, 1.807) is 90.1 Å². The molecule has 0 unspecified atom stereocenters. The minimum atomic E-state index is -0.996. The first-order valence-electron chi connectivity index (χ1n) is 10.1. The number of rotatable bonds is 8. The quantitative estimate of drug-likeness (QED) is 0.323. The standard InChI is InChI=1S/2C12H15ClO3.Ca/c2*1-4-15-11(14)12(2,3)16-10-7-5-9(13)6-8-10;/h2*5-8H,4H2,1-3H3;/q;;+2. The van der Waals surface area contributed by atoms with Crippen molar-refractivity contribution in [2.24, 2.45) is 0 Å². The predicted molar refractivity (Wildman–Crippen MR) is 131 cm³/mol. The second-order valence-corrected chi connectivity index (χ2v) is 8.45. The summed E-state index contributed by atoms with van der Waals surface area (Å²) in [6, 6.07) is 13.7. The van der Waals surface area contributed by atoms with Crippen LogP contribution >= 0.6 is 23.2 Å². The van der Waals surface area contributed by atoms with Crippen LogP contribution in [0.3, 0.4) is 0 Å². The SMILES string of the molecule is CCOC(=O)C(C)(C)Oc1ccc(Cl)cc1.CCOC(=O)C(C)(C)Oc1ccc(Cl)cc1.[Ca+2]. The number of hydrogen-bond donors (Lipinski definition) is 0. The van der Waals surface area contributed by atoms with Crippen LogP contribution in [0.4, 0.5) is 0 Å². The van der Waals surface area contributed by atoms with Crippen molar-refractivity contribution in [3.8, 4) is 11.5 Å². The largest absolute Gasteiger partial charge is 2.00 e. The van der Waals surface area contributed by atoms with Crippen molar-refractivity contribution < 1.29 is 28.5 Å². The third kappa shape index (κ3) is 11.7. The van der Waals surface area contributed by atoms with E-state index in [2.05, 4.69) is 0 Å². The summed E-state index contributed by atoms with van der Waals surface area (Å²) in [6.45, 7) is 10.9. The summed E-state index contributed by atoms with van der Waals surface area (Å²) in [4.78, 5) is 23.1. The van der Waals surface area contributed by atoms with Gasteiger partial charge < -0.3 is 18.9 Å². The smallest absolute Gasteiger partial charge is 0.476 e. The van der Waals surface area contributed by atoms with Gasteiger partial charge in [0.1, 0.15) is 11.5 Å². The van der Waals surface area contributed by atoms with Crippen LogP contribution in [0.1, 0.15) is 41.5 Å². The Morgan fingerprint density at radius 2 is 0.939 bits per heavy atom. The van der Waals surface area contributed by atoms with E-state index < -0.39 is 11.2 Å². The Morgan fingerprint density at radius 1 is 0.667 bits per heavy atom. The van der Waals surface area contributed by atoms with Crippen LogP contribution in [0.2, 0.25) is 10.0 Å². The first-order chi connectivity index (χ1) is 14.9.